The lowest BCUT2D eigenvalue weighted by Crippen LogP contribution is -2.22. The van der Waals surface area contributed by atoms with Gasteiger partial charge in [0.15, 0.2) is 5.82 Å². The first-order valence-corrected chi connectivity index (χ1v) is 4.43. The number of aromatic nitrogens is 2. The molecule has 0 amide bonds. The Labute approximate surface area is 93.7 Å². The average Bonchev–Trinajstić information content (AvgIpc) is 2.60. The molecular formula is C6H12Cl2N4S. The van der Waals surface area contributed by atoms with E-state index in [9.17, 15) is 0 Å². The Balaban J connectivity index is 0.000000720. The molecule has 2 rings (SSSR count). The number of anilines is 1. The van der Waals surface area contributed by atoms with Crippen LogP contribution in [0, 0.1) is 0 Å². The van der Waals surface area contributed by atoms with E-state index in [1.54, 1.807) is 6.20 Å². The molecule has 7 heteroatoms. The normalized spacial score (nSPS) is 20.2. The van der Waals surface area contributed by atoms with Gasteiger partial charge in [-0.1, -0.05) is 0 Å². The maximum absolute atomic E-state index is 4.07. The second kappa shape index (κ2) is 6.37. The van der Waals surface area contributed by atoms with Gasteiger partial charge in [0.05, 0.1) is 17.9 Å². The van der Waals surface area contributed by atoms with Gasteiger partial charge in [0.2, 0.25) is 0 Å². The molecule has 0 bridgehead atoms. The third kappa shape index (κ3) is 3.64. The van der Waals surface area contributed by atoms with Crippen molar-refractivity contribution in [3.63, 3.8) is 0 Å². The second-order valence-electron chi connectivity index (χ2n) is 2.63. The molecule has 1 atom stereocenters. The minimum absolute atomic E-state index is 0. The summed E-state index contributed by atoms with van der Waals surface area (Å²) in [7, 11) is 0. The molecule has 1 fully saturated rings. The maximum Gasteiger partial charge on any atom is 0.160 e. The molecule has 0 aliphatic carbocycles. The van der Waals surface area contributed by atoms with Gasteiger partial charge in [-0.25, -0.2) is 0 Å². The number of rotatable bonds is 2. The smallest absolute Gasteiger partial charge is 0.160 e. The first kappa shape index (κ1) is 12.9. The summed E-state index contributed by atoms with van der Waals surface area (Å²) in [6, 6.07) is 0.541. The zero-order valence-corrected chi connectivity index (χ0v) is 9.34. The van der Waals surface area contributed by atoms with Gasteiger partial charge >= 0.3 is 0 Å². The Morgan fingerprint density at radius 1 is 1.54 bits per heavy atom. The topological polar surface area (TPSA) is 49.8 Å². The largest absolute Gasteiger partial charge is 0.364 e. The lowest BCUT2D eigenvalue weighted by Gasteiger charge is -2.07. The van der Waals surface area contributed by atoms with E-state index in [-0.39, 0.29) is 24.8 Å². The Kier molecular flexibility index (Phi) is 6.32. The second-order valence-corrected chi connectivity index (χ2v) is 3.18. The van der Waals surface area contributed by atoms with Crippen LogP contribution in [0.5, 0.6) is 0 Å². The van der Waals surface area contributed by atoms with E-state index in [1.165, 1.54) is 18.1 Å². The summed E-state index contributed by atoms with van der Waals surface area (Å²) < 4.78 is 7.98. The average molecular weight is 243 g/mol. The Bertz CT molecular complexity index is 212. The molecular weight excluding hydrogens is 231 g/mol. The fourth-order valence-corrected chi connectivity index (χ4v) is 1.60. The molecule has 0 aromatic carbocycles. The summed E-state index contributed by atoms with van der Waals surface area (Å²) in [6.45, 7) is 2.15. The van der Waals surface area contributed by atoms with E-state index in [4.69, 9.17) is 0 Å². The van der Waals surface area contributed by atoms with E-state index in [2.05, 4.69) is 19.4 Å². The summed E-state index contributed by atoms with van der Waals surface area (Å²) >= 11 is 1.24. The van der Waals surface area contributed by atoms with Gasteiger partial charge in [0.1, 0.15) is 0 Å². The molecule has 2 heterocycles. The highest BCUT2D eigenvalue weighted by atomic mass is 35.5. The van der Waals surface area contributed by atoms with Crippen LogP contribution in [-0.2, 0) is 0 Å². The summed E-state index contributed by atoms with van der Waals surface area (Å²) in [6.07, 6.45) is 2.94. The van der Waals surface area contributed by atoms with Gasteiger partial charge in [-0.05, 0) is 13.0 Å². The number of hydrogen-bond acceptors (Lipinski definition) is 5. The number of hydrogen-bond donors (Lipinski definition) is 2. The van der Waals surface area contributed by atoms with Crippen molar-refractivity contribution in [3.05, 3.63) is 6.20 Å². The van der Waals surface area contributed by atoms with E-state index in [0.717, 1.165) is 18.9 Å². The molecule has 2 N–H and O–H groups in total. The van der Waals surface area contributed by atoms with Crippen molar-refractivity contribution < 1.29 is 0 Å². The summed E-state index contributed by atoms with van der Waals surface area (Å²) in [5, 5.41) is 6.57. The van der Waals surface area contributed by atoms with Gasteiger partial charge in [0.25, 0.3) is 0 Å². The molecule has 1 aliphatic heterocycles. The minimum atomic E-state index is 0. The highest BCUT2D eigenvalue weighted by Gasteiger charge is 2.14. The molecule has 1 saturated heterocycles. The molecule has 0 spiro atoms. The third-order valence-corrected chi connectivity index (χ3v) is 2.25. The monoisotopic (exact) mass is 242 g/mol. The van der Waals surface area contributed by atoms with Gasteiger partial charge in [0, 0.05) is 12.6 Å². The molecule has 13 heavy (non-hydrogen) atoms. The molecule has 0 radical (unpaired) electrons. The maximum atomic E-state index is 4.07. The standard InChI is InChI=1S/C6H10N4S.2ClH/c1-2-7-3-5(1)9-6-4-8-11-10-6;;/h4-5,7H,1-3H2,(H,9,10);2*1H. The van der Waals surface area contributed by atoms with E-state index >= 15 is 0 Å². The first-order valence-electron chi connectivity index (χ1n) is 3.70. The van der Waals surface area contributed by atoms with Crippen LogP contribution in [-0.4, -0.2) is 27.9 Å². The van der Waals surface area contributed by atoms with Crippen LogP contribution in [0.4, 0.5) is 5.82 Å². The fourth-order valence-electron chi connectivity index (χ4n) is 1.22. The molecule has 4 nitrogen and oxygen atoms in total. The van der Waals surface area contributed by atoms with Crippen molar-refractivity contribution >= 4 is 42.4 Å². The number of nitrogens with zero attached hydrogens (tertiary/aromatic N) is 2. The summed E-state index contributed by atoms with van der Waals surface area (Å²) in [5.74, 6) is 0.906. The Hall–Kier alpha value is -0.100. The zero-order chi connectivity index (χ0) is 7.52. The van der Waals surface area contributed by atoms with Crippen molar-refractivity contribution in [2.45, 2.75) is 12.5 Å². The molecule has 0 saturated carbocycles. The fraction of sp³-hybridized carbons (Fsp3) is 0.667. The SMILES string of the molecule is Cl.Cl.c1nsnc1NC1CCNC1. The Morgan fingerprint density at radius 3 is 2.92 bits per heavy atom. The molecule has 1 aromatic heterocycles. The molecule has 1 aliphatic rings. The van der Waals surface area contributed by atoms with Crippen LogP contribution in [0.2, 0.25) is 0 Å². The van der Waals surface area contributed by atoms with E-state index in [1.807, 2.05) is 0 Å². The number of halogens is 2. The van der Waals surface area contributed by atoms with Gasteiger partial charge in [-0.2, -0.15) is 8.75 Å². The van der Waals surface area contributed by atoms with Crippen molar-refractivity contribution in [3.8, 4) is 0 Å². The predicted octanol–water partition coefficient (Wildman–Crippen LogP) is 1.16. The summed E-state index contributed by atoms with van der Waals surface area (Å²) in [5.41, 5.74) is 0. The van der Waals surface area contributed by atoms with Crippen molar-refractivity contribution in [2.75, 3.05) is 18.4 Å². The summed E-state index contributed by atoms with van der Waals surface area (Å²) in [4.78, 5) is 0. The van der Waals surface area contributed by atoms with Crippen LogP contribution in [0.25, 0.3) is 0 Å². The van der Waals surface area contributed by atoms with Crippen molar-refractivity contribution in [2.24, 2.45) is 0 Å². The van der Waals surface area contributed by atoms with Crippen LogP contribution in [0.3, 0.4) is 0 Å². The zero-order valence-electron chi connectivity index (χ0n) is 6.90. The lowest BCUT2D eigenvalue weighted by atomic mass is 10.3. The quantitative estimate of drug-likeness (QED) is 0.818. The van der Waals surface area contributed by atoms with Crippen molar-refractivity contribution in [1.29, 1.82) is 0 Å². The molecule has 1 aromatic rings. The van der Waals surface area contributed by atoms with Gasteiger partial charge in [-0.3, -0.25) is 0 Å². The van der Waals surface area contributed by atoms with Crippen molar-refractivity contribution in [1.82, 2.24) is 14.1 Å². The lowest BCUT2D eigenvalue weighted by molar-refractivity contribution is 0.790. The van der Waals surface area contributed by atoms with Gasteiger partial charge < -0.3 is 10.6 Å². The Morgan fingerprint density at radius 2 is 2.38 bits per heavy atom. The first-order chi connectivity index (χ1) is 5.45. The highest BCUT2D eigenvalue weighted by molar-refractivity contribution is 6.99. The van der Waals surface area contributed by atoms with Crippen LogP contribution in [0.15, 0.2) is 6.20 Å². The molecule has 1 unspecified atom stereocenters. The van der Waals surface area contributed by atoms with Gasteiger partial charge in [-0.15, -0.1) is 24.8 Å². The van der Waals surface area contributed by atoms with Crippen LogP contribution in [0.1, 0.15) is 6.42 Å². The van der Waals surface area contributed by atoms with E-state index < -0.39 is 0 Å². The molecule has 76 valence electrons. The number of nitrogens with one attached hydrogen (secondary N) is 2. The highest BCUT2D eigenvalue weighted by Crippen LogP contribution is 2.07. The van der Waals surface area contributed by atoms with Crippen LogP contribution < -0.4 is 10.6 Å². The minimum Gasteiger partial charge on any atom is -0.364 e. The third-order valence-electron chi connectivity index (χ3n) is 1.77. The predicted molar refractivity (Wildman–Crippen MR) is 59.3 cm³/mol. The van der Waals surface area contributed by atoms with E-state index in [0.29, 0.717) is 6.04 Å². The van der Waals surface area contributed by atoms with Crippen LogP contribution >= 0.6 is 36.5 Å².